The molecule has 2 aliphatic rings. The molecule has 0 atom stereocenters. The molecule has 2 saturated carbocycles. The first kappa shape index (κ1) is 24.8. The number of aromatic nitrogens is 1. The van der Waals surface area contributed by atoms with Crippen LogP contribution in [-0.2, 0) is 6.42 Å². The molecule has 2 aromatic rings. The Morgan fingerprint density at radius 3 is 2.15 bits per heavy atom. The average Bonchev–Trinajstić information content (AvgIpc) is 3.06. The predicted molar refractivity (Wildman–Crippen MR) is 143 cm³/mol. The number of hydrogen-bond donors (Lipinski definition) is 1. The molecule has 2 fully saturated rings. The maximum Gasteiger partial charge on any atom is 0.0456 e. The Labute approximate surface area is 203 Å². The molecular formula is C30H49N3. The number of rotatable bonds is 11. The summed E-state index contributed by atoms with van der Waals surface area (Å²) in [5.41, 5.74) is 2.78. The third-order valence-corrected chi connectivity index (χ3v) is 8.82. The van der Waals surface area contributed by atoms with Gasteiger partial charge in [-0.2, -0.15) is 0 Å². The molecule has 3 heteroatoms. The lowest BCUT2D eigenvalue weighted by atomic mass is 9.83. The zero-order chi connectivity index (χ0) is 22.9. The second-order valence-corrected chi connectivity index (χ2v) is 11.4. The monoisotopic (exact) mass is 451 g/mol. The highest BCUT2D eigenvalue weighted by Gasteiger charge is 2.23. The van der Waals surface area contributed by atoms with Crippen LogP contribution in [0.4, 0.5) is 0 Å². The number of para-hydroxylation sites is 1. The average molecular weight is 452 g/mol. The van der Waals surface area contributed by atoms with Gasteiger partial charge in [0.05, 0.1) is 0 Å². The van der Waals surface area contributed by atoms with Crippen molar-refractivity contribution >= 4 is 10.9 Å². The summed E-state index contributed by atoms with van der Waals surface area (Å²) in [5.74, 6) is 1.94. The van der Waals surface area contributed by atoms with Crippen molar-refractivity contribution in [2.24, 2.45) is 11.8 Å². The molecule has 1 aromatic carbocycles. The van der Waals surface area contributed by atoms with Gasteiger partial charge < -0.3 is 14.8 Å². The fraction of sp³-hybridized carbons (Fsp3) is 0.733. The second-order valence-electron chi connectivity index (χ2n) is 11.4. The highest BCUT2D eigenvalue weighted by atomic mass is 15.1. The van der Waals surface area contributed by atoms with Gasteiger partial charge in [0.15, 0.2) is 0 Å². The maximum atomic E-state index is 3.46. The summed E-state index contributed by atoms with van der Waals surface area (Å²) in [5, 5.41) is 1.42. The van der Waals surface area contributed by atoms with Crippen molar-refractivity contribution in [3.8, 4) is 0 Å². The minimum absolute atomic E-state index is 0.823. The van der Waals surface area contributed by atoms with Crippen LogP contribution in [0.5, 0.6) is 0 Å². The normalized spacial score (nSPS) is 22.9. The predicted octanol–water partition coefficient (Wildman–Crippen LogP) is 7.27. The zero-order valence-electron chi connectivity index (χ0n) is 21.5. The fourth-order valence-corrected chi connectivity index (χ4v) is 6.50. The Balaban J connectivity index is 1.26. The van der Waals surface area contributed by atoms with E-state index < -0.39 is 0 Å². The largest absolute Gasteiger partial charge is 0.361 e. The Hall–Kier alpha value is -1.32. The molecule has 0 unspecified atom stereocenters. The van der Waals surface area contributed by atoms with Gasteiger partial charge in [-0.25, -0.2) is 0 Å². The van der Waals surface area contributed by atoms with Crippen molar-refractivity contribution in [3.05, 3.63) is 36.0 Å². The number of aromatic amines is 1. The van der Waals surface area contributed by atoms with Gasteiger partial charge in [0.2, 0.25) is 0 Å². The molecule has 3 nitrogen and oxygen atoms in total. The van der Waals surface area contributed by atoms with Gasteiger partial charge in [-0.15, -0.1) is 0 Å². The minimum atomic E-state index is 0.823. The van der Waals surface area contributed by atoms with E-state index in [1.807, 2.05) is 0 Å². The lowest BCUT2D eigenvalue weighted by molar-refractivity contribution is 0.169. The Morgan fingerprint density at radius 2 is 1.45 bits per heavy atom. The minimum Gasteiger partial charge on any atom is -0.361 e. The zero-order valence-corrected chi connectivity index (χ0v) is 21.5. The van der Waals surface area contributed by atoms with E-state index in [9.17, 15) is 0 Å². The molecule has 4 rings (SSSR count). The van der Waals surface area contributed by atoms with Crippen LogP contribution in [0, 0.1) is 11.8 Å². The molecule has 2 aliphatic carbocycles. The van der Waals surface area contributed by atoms with E-state index in [1.165, 1.54) is 126 Å². The topological polar surface area (TPSA) is 22.3 Å². The van der Waals surface area contributed by atoms with Crippen LogP contribution >= 0.6 is 0 Å². The summed E-state index contributed by atoms with van der Waals surface area (Å²) >= 11 is 0. The van der Waals surface area contributed by atoms with E-state index in [0.29, 0.717) is 0 Å². The van der Waals surface area contributed by atoms with Gasteiger partial charge in [-0.05, 0) is 109 Å². The lowest BCUT2D eigenvalue weighted by Crippen LogP contribution is -2.34. The number of benzene rings is 1. The fourth-order valence-electron chi connectivity index (χ4n) is 6.50. The highest BCUT2D eigenvalue weighted by Crippen LogP contribution is 2.30. The quantitative estimate of drug-likeness (QED) is 0.363. The smallest absolute Gasteiger partial charge is 0.0456 e. The Kier molecular flexibility index (Phi) is 9.73. The first-order valence-corrected chi connectivity index (χ1v) is 14.1. The van der Waals surface area contributed by atoms with Gasteiger partial charge in [0.1, 0.15) is 0 Å². The van der Waals surface area contributed by atoms with Crippen molar-refractivity contribution < 1.29 is 0 Å². The molecule has 0 aliphatic heterocycles. The standard InChI is InChI=1S/C30H49N3/c1-32(2)28-17-15-26(16-18-28)20-23-33(22-19-25-10-5-3-4-6-11-25)21-9-12-27-24-31-30-14-8-7-13-29(27)30/h7-8,13-14,24-26,28,31H,3-6,9-12,15-23H2,1-2H3. The number of aryl methyl sites for hydroxylation is 1. The summed E-state index contributed by atoms with van der Waals surface area (Å²) in [6, 6.07) is 9.59. The van der Waals surface area contributed by atoms with Crippen molar-refractivity contribution in [2.75, 3.05) is 33.7 Å². The molecule has 0 radical (unpaired) electrons. The second kappa shape index (κ2) is 13.0. The number of fused-ring (bicyclic) bond motifs is 1. The first-order chi connectivity index (χ1) is 16.2. The van der Waals surface area contributed by atoms with Crippen LogP contribution in [0.1, 0.15) is 89.0 Å². The van der Waals surface area contributed by atoms with Crippen molar-refractivity contribution in [2.45, 2.75) is 95.9 Å². The van der Waals surface area contributed by atoms with Crippen LogP contribution in [0.15, 0.2) is 30.5 Å². The maximum absolute atomic E-state index is 3.46. The van der Waals surface area contributed by atoms with E-state index in [2.05, 4.69) is 59.3 Å². The van der Waals surface area contributed by atoms with Crippen molar-refractivity contribution in [1.82, 2.24) is 14.8 Å². The summed E-state index contributed by atoms with van der Waals surface area (Å²) in [7, 11) is 4.52. The molecule has 0 spiro atoms. The molecule has 1 heterocycles. The lowest BCUT2D eigenvalue weighted by Gasteiger charge is -2.34. The van der Waals surface area contributed by atoms with Crippen LogP contribution < -0.4 is 0 Å². The van der Waals surface area contributed by atoms with Gasteiger partial charge in [0, 0.05) is 23.1 Å². The van der Waals surface area contributed by atoms with E-state index >= 15 is 0 Å². The molecule has 0 bridgehead atoms. The molecule has 0 saturated heterocycles. The van der Waals surface area contributed by atoms with Gasteiger partial charge in [-0.1, -0.05) is 56.7 Å². The summed E-state index contributed by atoms with van der Waals surface area (Å²) in [4.78, 5) is 8.75. The number of H-pyrrole nitrogens is 1. The van der Waals surface area contributed by atoms with Gasteiger partial charge >= 0.3 is 0 Å². The van der Waals surface area contributed by atoms with Gasteiger partial charge in [-0.3, -0.25) is 0 Å². The highest BCUT2D eigenvalue weighted by molar-refractivity contribution is 5.82. The molecule has 33 heavy (non-hydrogen) atoms. The molecule has 0 amide bonds. The van der Waals surface area contributed by atoms with Crippen LogP contribution in [0.3, 0.4) is 0 Å². The number of nitrogens with zero attached hydrogens (tertiary/aromatic N) is 2. The van der Waals surface area contributed by atoms with E-state index in [1.54, 1.807) is 0 Å². The first-order valence-electron chi connectivity index (χ1n) is 14.1. The van der Waals surface area contributed by atoms with Crippen LogP contribution in [0.25, 0.3) is 10.9 Å². The number of hydrogen-bond acceptors (Lipinski definition) is 2. The number of nitrogens with one attached hydrogen (secondary N) is 1. The third kappa shape index (κ3) is 7.59. The molecule has 1 N–H and O–H groups in total. The third-order valence-electron chi connectivity index (χ3n) is 8.82. The Morgan fingerprint density at radius 1 is 0.788 bits per heavy atom. The summed E-state index contributed by atoms with van der Waals surface area (Å²) in [6.07, 6.45) is 22.1. The molecular weight excluding hydrogens is 402 g/mol. The molecule has 184 valence electrons. The van der Waals surface area contributed by atoms with Crippen molar-refractivity contribution in [1.29, 1.82) is 0 Å². The van der Waals surface area contributed by atoms with E-state index in [-0.39, 0.29) is 0 Å². The van der Waals surface area contributed by atoms with E-state index in [4.69, 9.17) is 0 Å². The Bertz CT molecular complexity index is 794. The van der Waals surface area contributed by atoms with E-state index in [0.717, 1.165) is 17.9 Å². The van der Waals surface area contributed by atoms with Crippen LogP contribution in [0.2, 0.25) is 0 Å². The summed E-state index contributed by atoms with van der Waals surface area (Å²) < 4.78 is 0. The SMILES string of the molecule is CN(C)C1CCC(CCN(CCCc2c[nH]c3ccccc23)CCC2CCCCCC2)CC1. The summed E-state index contributed by atoms with van der Waals surface area (Å²) in [6.45, 7) is 3.91. The van der Waals surface area contributed by atoms with Crippen LogP contribution in [-0.4, -0.2) is 54.6 Å². The van der Waals surface area contributed by atoms with Crippen molar-refractivity contribution in [3.63, 3.8) is 0 Å². The van der Waals surface area contributed by atoms with Gasteiger partial charge in [0.25, 0.3) is 0 Å². The molecule has 1 aromatic heterocycles.